The van der Waals surface area contributed by atoms with Gasteiger partial charge in [-0.15, -0.1) is 0 Å². The first-order valence-corrected chi connectivity index (χ1v) is 8.69. The van der Waals surface area contributed by atoms with Gasteiger partial charge in [0.15, 0.2) is 0 Å². The Labute approximate surface area is 135 Å². The fourth-order valence-electron chi connectivity index (χ4n) is 3.82. The lowest BCUT2D eigenvalue weighted by molar-refractivity contribution is 0.0641. The van der Waals surface area contributed by atoms with Crippen LogP contribution < -0.4 is 0 Å². The molecule has 3 nitrogen and oxygen atoms in total. The molecular formula is C17H23BrN2O. The Bertz CT molecular complexity index is 511. The van der Waals surface area contributed by atoms with Crippen LogP contribution in [0, 0.1) is 5.92 Å². The van der Waals surface area contributed by atoms with Gasteiger partial charge in [-0.05, 0) is 63.4 Å². The Morgan fingerprint density at radius 3 is 2.57 bits per heavy atom. The highest BCUT2D eigenvalue weighted by Crippen LogP contribution is 2.30. The molecule has 0 spiro atoms. The zero-order valence-electron chi connectivity index (χ0n) is 12.6. The van der Waals surface area contributed by atoms with E-state index in [4.69, 9.17) is 0 Å². The lowest BCUT2D eigenvalue weighted by atomic mass is 9.88. The molecule has 1 unspecified atom stereocenters. The molecule has 0 N–H and O–H groups in total. The Balaban J connectivity index is 1.59. The highest BCUT2D eigenvalue weighted by Gasteiger charge is 2.33. The SMILES string of the molecule is CN1CCCC1C1CCN(C(=O)c2cccc(Br)c2)CC1. The van der Waals surface area contributed by atoms with Gasteiger partial charge in [0.2, 0.25) is 0 Å². The summed E-state index contributed by atoms with van der Waals surface area (Å²) in [5.74, 6) is 0.943. The van der Waals surface area contributed by atoms with Crippen molar-refractivity contribution in [3.8, 4) is 0 Å². The minimum atomic E-state index is 0.175. The van der Waals surface area contributed by atoms with E-state index in [0.717, 1.165) is 47.9 Å². The molecule has 0 bridgehead atoms. The van der Waals surface area contributed by atoms with Crippen molar-refractivity contribution >= 4 is 21.8 Å². The van der Waals surface area contributed by atoms with Crippen LogP contribution in [0.15, 0.2) is 28.7 Å². The van der Waals surface area contributed by atoms with Gasteiger partial charge in [0.1, 0.15) is 0 Å². The second-order valence-electron chi connectivity index (χ2n) is 6.33. The molecule has 2 aliphatic heterocycles. The van der Waals surface area contributed by atoms with Gasteiger partial charge >= 0.3 is 0 Å². The summed E-state index contributed by atoms with van der Waals surface area (Å²) < 4.78 is 0.968. The molecule has 1 atom stereocenters. The topological polar surface area (TPSA) is 23.6 Å². The Morgan fingerprint density at radius 2 is 1.95 bits per heavy atom. The maximum absolute atomic E-state index is 12.5. The fraction of sp³-hybridized carbons (Fsp3) is 0.588. The summed E-state index contributed by atoms with van der Waals surface area (Å²) in [7, 11) is 2.25. The largest absolute Gasteiger partial charge is 0.339 e. The third-order valence-corrected chi connectivity index (χ3v) is 5.51. The molecule has 2 fully saturated rings. The average Bonchev–Trinajstić information content (AvgIpc) is 2.93. The van der Waals surface area contributed by atoms with E-state index < -0.39 is 0 Å². The Kier molecular flexibility index (Phi) is 4.65. The van der Waals surface area contributed by atoms with Crippen LogP contribution in [0.25, 0.3) is 0 Å². The van der Waals surface area contributed by atoms with Crippen LogP contribution in [0.5, 0.6) is 0 Å². The lowest BCUT2D eigenvalue weighted by Gasteiger charge is -2.37. The molecule has 0 radical (unpaired) electrons. The van der Waals surface area contributed by atoms with Gasteiger partial charge in [-0.1, -0.05) is 22.0 Å². The number of hydrogen-bond acceptors (Lipinski definition) is 2. The van der Waals surface area contributed by atoms with Gasteiger partial charge in [-0.2, -0.15) is 0 Å². The third kappa shape index (κ3) is 3.32. The maximum atomic E-state index is 12.5. The molecule has 1 aromatic carbocycles. The van der Waals surface area contributed by atoms with E-state index in [1.54, 1.807) is 0 Å². The minimum absolute atomic E-state index is 0.175. The molecule has 0 saturated carbocycles. The number of amides is 1. The number of piperidine rings is 1. The Morgan fingerprint density at radius 1 is 1.19 bits per heavy atom. The number of carbonyl (C=O) groups excluding carboxylic acids is 1. The standard InChI is InChI=1S/C17H23BrN2O/c1-19-9-3-6-16(19)13-7-10-20(11-8-13)17(21)14-4-2-5-15(18)12-14/h2,4-5,12-13,16H,3,6-11H2,1H3. The summed E-state index contributed by atoms with van der Waals surface area (Å²) in [4.78, 5) is 17.1. The van der Waals surface area contributed by atoms with E-state index in [-0.39, 0.29) is 5.91 Å². The number of benzene rings is 1. The van der Waals surface area contributed by atoms with Crippen molar-refractivity contribution in [1.82, 2.24) is 9.80 Å². The zero-order chi connectivity index (χ0) is 14.8. The van der Waals surface area contributed by atoms with Crippen LogP contribution >= 0.6 is 15.9 Å². The number of rotatable bonds is 2. The quantitative estimate of drug-likeness (QED) is 0.815. The lowest BCUT2D eigenvalue weighted by Crippen LogP contribution is -2.43. The molecule has 2 heterocycles. The summed E-state index contributed by atoms with van der Waals surface area (Å²) in [5, 5.41) is 0. The van der Waals surface area contributed by atoms with Gasteiger partial charge < -0.3 is 9.80 Å². The van der Waals surface area contributed by atoms with Crippen molar-refractivity contribution in [2.45, 2.75) is 31.7 Å². The first-order chi connectivity index (χ1) is 10.1. The van der Waals surface area contributed by atoms with Crippen LogP contribution in [0.4, 0.5) is 0 Å². The Hall–Kier alpha value is -0.870. The van der Waals surface area contributed by atoms with Crippen LogP contribution in [-0.4, -0.2) is 48.4 Å². The summed E-state index contributed by atoms with van der Waals surface area (Å²) in [6.07, 6.45) is 4.96. The van der Waals surface area contributed by atoms with E-state index in [2.05, 4.69) is 27.9 Å². The zero-order valence-corrected chi connectivity index (χ0v) is 14.2. The average molecular weight is 351 g/mol. The number of halogens is 1. The van der Waals surface area contributed by atoms with Crippen molar-refractivity contribution in [3.63, 3.8) is 0 Å². The number of carbonyl (C=O) groups is 1. The van der Waals surface area contributed by atoms with Gasteiger partial charge in [0, 0.05) is 29.2 Å². The highest BCUT2D eigenvalue weighted by molar-refractivity contribution is 9.10. The molecule has 114 valence electrons. The number of hydrogen-bond donors (Lipinski definition) is 0. The second-order valence-corrected chi connectivity index (χ2v) is 7.25. The summed E-state index contributed by atoms with van der Waals surface area (Å²) >= 11 is 3.44. The van der Waals surface area contributed by atoms with Crippen molar-refractivity contribution in [2.75, 3.05) is 26.7 Å². The number of likely N-dealkylation sites (tertiary alicyclic amines) is 2. The van der Waals surface area contributed by atoms with Crippen molar-refractivity contribution in [2.24, 2.45) is 5.92 Å². The van der Waals surface area contributed by atoms with Crippen molar-refractivity contribution in [3.05, 3.63) is 34.3 Å². The molecule has 3 rings (SSSR count). The van der Waals surface area contributed by atoms with E-state index in [1.165, 1.54) is 19.4 Å². The van der Waals surface area contributed by atoms with Crippen molar-refractivity contribution < 1.29 is 4.79 Å². The molecule has 0 aliphatic carbocycles. The van der Waals surface area contributed by atoms with E-state index in [0.29, 0.717) is 0 Å². The van der Waals surface area contributed by atoms with Gasteiger partial charge in [0.25, 0.3) is 5.91 Å². The van der Waals surface area contributed by atoms with Crippen LogP contribution in [-0.2, 0) is 0 Å². The first-order valence-electron chi connectivity index (χ1n) is 7.90. The van der Waals surface area contributed by atoms with Crippen molar-refractivity contribution in [1.29, 1.82) is 0 Å². The molecule has 2 aliphatic rings. The smallest absolute Gasteiger partial charge is 0.253 e. The minimum Gasteiger partial charge on any atom is -0.339 e. The van der Waals surface area contributed by atoms with Gasteiger partial charge in [-0.3, -0.25) is 4.79 Å². The highest BCUT2D eigenvalue weighted by atomic mass is 79.9. The fourth-order valence-corrected chi connectivity index (χ4v) is 4.22. The molecule has 2 saturated heterocycles. The monoisotopic (exact) mass is 350 g/mol. The predicted octanol–water partition coefficient (Wildman–Crippen LogP) is 3.40. The predicted molar refractivity (Wildman–Crippen MR) is 88.4 cm³/mol. The van der Waals surface area contributed by atoms with E-state index >= 15 is 0 Å². The molecule has 1 aromatic rings. The summed E-state index contributed by atoms with van der Waals surface area (Å²) in [5.41, 5.74) is 0.792. The molecular weight excluding hydrogens is 328 g/mol. The van der Waals surface area contributed by atoms with Crippen LogP contribution in [0.2, 0.25) is 0 Å². The summed E-state index contributed by atoms with van der Waals surface area (Å²) in [6.45, 7) is 3.04. The van der Waals surface area contributed by atoms with E-state index in [9.17, 15) is 4.79 Å². The second kappa shape index (κ2) is 6.49. The maximum Gasteiger partial charge on any atom is 0.253 e. The van der Waals surface area contributed by atoms with Crippen LogP contribution in [0.1, 0.15) is 36.0 Å². The first kappa shape index (κ1) is 15.0. The molecule has 4 heteroatoms. The van der Waals surface area contributed by atoms with Gasteiger partial charge in [-0.25, -0.2) is 0 Å². The molecule has 1 amide bonds. The van der Waals surface area contributed by atoms with Crippen LogP contribution in [0.3, 0.4) is 0 Å². The normalized spacial score (nSPS) is 24.5. The number of nitrogens with zero attached hydrogens (tertiary/aromatic N) is 2. The molecule has 21 heavy (non-hydrogen) atoms. The third-order valence-electron chi connectivity index (χ3n) is 5.02. The van der Waals surface area contributed by atoms with E-state index in [1.807, 2.05) is 29.2 Å². The molecule has 0 aromatic heterocycles. The van der Waals surface area contributed by atoms with Gasteiger partial charge in [0.05, 0.1) is 0 Å². The summed E-state index contributed by atoms with van der Waals surface area (Å²) in [6, 6.07) is 8.45.